The molecule has 0 spiro atoms. The fourth-order valence-corrected chi connectivity index (χ4v) is 4.13. The van der Waals surface area contributed by atoms with Crippen molar-refractivity contribution >= 4 is 0 Å². The minimum absolute atomic E-state index is 0.802. The van der Waals surface area contributed by atoms with Crippen LogP contribution < -0.4 is 5.32 Å². The quantitative estimate of drug-likeness (QED) is 0.781. The number of piperidine rings is 2. The first-order valence-corrected chi connectivity index (χ1v) is 7.39. The molecule has 3 unspecified atom stereocenters. The second kappa shape index (κ2) is 4.87. The minimum atomic E-state index is 0.802. The summed E-state index contributed by atoms with van der Waals surface area (Å²) < 4.78 is 0. The molecule has 3 fully saturated rings. The molecule has 3 atom stereocenters. The Hall–Kier alpha value is -0.120. The van der Waals surface area contributed by atoms with E-state index >= 15 is 0 Å². The van der Waals surface area contributed by atoms with Crippen LogP contribution in [-0.2, 0) is 0 Å². The molecule has 98 valence electrons. The van der Waals surface area contributed by atoms with Gasteiger partial charge in [0.15, 0.2) is 0 Å². The van der Waals surface area contributed by atoms with Crippen LogP contribution in [0.2, 0.25) is 0 Å². The van der Waals surface area contributed by atoms with Crippen LogP contribution in [0.1, 0.15) is 38.5 Å². The first kappa shape index (κ1) is 11.9. The van der Waals surface area contributed by atoms with Crippen molar-refractivity contribution in [3.63, 3.8) is 0 Å². The summed E-state index contributed by atoms with van der Waals surface area (Å²) in [6.45, 7) is 2.57. The first-order chi connectivity index (χ1) is 8.22. The molecule has 0 amide bonds. The van der Waals surface area contributed by atoms with Crippen molar-refractivity contribution in [3.05, 3.63) is 0 Å². The molecule has 3 rings (SSSR count). The van der Waals surface area contributed by atoms with Gasteiger partial charge in [0.2, 0.25) is 0 Å². The topological polar surface area (TPSA) is 18.5 Å². The fourth-order valence-electron chi connectivity index (χ4n) is 4.13. The van der Waals surface area contributed by atoms with Gasteiger partial charge in [0, 0.05) is 30.7 Å². The van der Waals surface area contributed by atoms with Gasteiger partial charge in [-0.3, -0.25) is 4.90 Å². The van der Waals surface area contributed by atoms with Crippen molar-refractivity contribution in [2.24, 2.45) is 0 Å². The molecule has 3 saturated heterocycles. The number of nitrogens with one attached hydrogen (secondary N) is 1. The van der Waals surface area contributed by atoms with Gasteiger partial charge in [-0.25, -0.2) is 0 Å². The molecule has 3 aliphatic heterocycles. The first-order valence-electron chi connectivity index (χ1n) is 7.39. The second-order valence-electron chi connectivity index (χ2n) is 6.49. The predicted molar refractivity (Wildman–Crippen MR) is 71.2 cm³/mol. The third-order valence-corrected chi connectivity index (χ3v) is 5.20. The molecule has 0 aromatic rings. The van der Waals surface area contributed by atoms with Crippen molar-refractivity contribution in [3.8, 4) is 0 Å². The van der Waals surface area contributed by atoms with E-state index < -0.39 is 0 Å². The number of hydrogen-bond donors (Lipinski definition) is 1. The Labute approximate surface area is 106 Å². The molecule has 17 heavy (non-hydrogen) atoms. The Morgan fingerprint density at radius 3 is 2.41 bits per heavy atom. The summed E-state index contributed by atoms with van der Waals surface area (Å²) in [4.78, 5) is 5.21. The Kier molecular flexibility index (Phi) is 3.42. The van der Waals surface area contributed by atoms with E-state index in [4.69, 9.17) is 0 Å². The molecule has 1 N–H and O–H groups in total. The number of likely N-dealkylation sites (N-methyl/N-ethyl adjacent to an activating group) is 2. The smallest absolute Gasteiger partial charge is 0.0223 e. The molecule has 0 radical (unpaired) electrons. The van der Waals surface area contributed by atoms with Crippen LogP contribution in [0, 0.1) is 0 Å². The maximum Gasteiger partial charge on any atom is 0.0223 e. The zero-order valence-corrected chi connectivity index (χ0v) is 11.4. The van der Waals surface area contributed by atoms with E-state index in [1.807, 2.05) is 0 Å². The third-order valence-electron chi connectivity index (χ3n) is 5.20. The fraction of sp³-hybridized carbons (Fsp3) is 1.00. The third kappa shape index (κ3) is 2.51. The average Bonchev–Trinajstić information content (AvgIpc) is 2.67. The second-order valence-corrected chi connectivity index (χ2v) is 6.49. The van der Waals surface area contributed by atoms with Crippen LogP contribution in [0.25, 0.3) is 0 Å². The van der Waals surface area contributed by atoms with E-state index in [0.717, 1.165) is 24.2 Å². The van der Waals surface area contributed by atoms with Crippen LogP contribution in [0.15, 0.2) is 0 Å². The highest BCUT2D eigenvalue weighted by atomic mass is 15.2. The van der Waals surface area contributed by atoms with Crippen molar-refractivity contribution < 1.29 is 0 Å². The van der Waals surface area contributed by atoms with Crippen LogP contribution in [0.4, 0.5) is 0 Å². The lowest BCUT2D eigenvalue weighted by atomic mass is 9.95. The van der Waals surface area contributed by atoms with Crippen molar-refractivity contribution in [1.82, 2.24) is 15.1 Å². The number of fused-ring (bicyclic) bond motifs is 2. The zero-order valence-electron chi connectivity index (χ0n) is 11.4. The maximum absolute atomic E-state index is 3.75. The summed E-state index contributed by atoms with van der Waals surface area (Å²) >= 11 is 0. The molecule has 2 bridgehead atoms. The predicted octanol–water partition coefficient (Wildman–Crippen LogP) is 1.30. The van der Waals surface area contributed by atoms with Gasteiger partial charge in [-0.05, 0) is 59.2 Å². The molecule has 0 aromatic carbocycles. The lowest BCUT2D eigenvalue weighted by Crippen LogP contribution is -2.53. The number of likely N-dealkylation sites (tertiary alicyclic amines) is 1. The Morgan fingerprint density at radius 1 is 1.06 bits per heavy atom. The van der Waals surface area contributed by atoms with Crippen molar-refractivity contribution in [2.75, 3.05) is 27.2 Å². The molecule has 0 aromatic heterocycles. The van der Waals surface area contributed by atoms with E-state index in [1.165, 1.54) is 51.6 Å². The van der Waals surface area contributed by atoms with Crippen LogP contribution in [0.5, 0.6) is 0 Å². The van der Waals surface area contributed by atoms with E-state index in [1.54, 1.807) is 0 Å². The van der Waals surface area contributed by atoms with Gasteiger partial charge in [-0.15, -0.1) is 0 Å². The summed E-state index contributed by atoms with van der Waals surface area (Å²) in [7, 11) is 4.64. The van der Waals surface area contributed by atoms with Crippen LogP contribution in [0.3, 0.4) is 0 Å². The highest BCUT2D eigenvalue weighted by Gasteiger charge is 2.37. The molecule has 0 aliphatic carbocycles. The van der Waals surface area contributed by atoms with Gasteiger partial charge in [0.25, 0.3) is 0 Å². The van der Waals surface area contributed by atoms with Gasteiger partial charge >= 0.3 is 0 Å². The molecule has 3 aliphatic rings. The van der Waals surface area contributed by atoms with Gasteiger partial charge in [-0.1, -0.05) is 0 Å². The normalized spacial score (nSPS) is 43.2. The molecule has 3 heterocycles. The molecule has 3 heteroatoms. The summed E-state index contributed by atoms with van der Waals surface area (Å²) in [6.07, 6.45) is 8.38. The van der Waals surface area contributed by atoms with Crippen LogP contribution in [-0.4, -0.2) is 61.2 Å². The molecular weight excluding hydrogens is 210 g/mol. The van der Waals surface area contributed by atoms with Crippen molar-refractivity contribution in [1.29, 1.82) is 0 Å². The minimum Gasteiger partial charge on any atom is -0.311 e. The number of nitrogens with zero attached hydrogens (tertiary/aromatic N) is 2. The van der Waals surface area contributed by atoms with Crippen molar-refractivity contribution in [2.45, 2.75) is 62.7 Å². The Balaban J connectivity index is 1.59. The lowest BCUT2D eigenvalue weighted by Gasteiger charge is -2.43. The standard InChI is InChI=1S/C14H27N3/c1-16-7-3-4-13(10-16)17(2)14-8-11-5-6-12(9-14)15-11/h11-15H,3-10H2,1-2H3. The van der Waals surface area contributed by atoms with Gasteiger partial charge < -0.3 is 10.2 Å². The SMILES string of the molecule is CN1CCCC(N(C)C2CC3CCC(C2)N3)C1. The van der Waals surface area contributed by atoms with Gasteiger partial charge in [-0.2, -0.15) is 0 Å². The van der Waals surface area contributed by atoms with E-state index in [9.17, 15) is 0 Å². The molecular formula is C14H27N3. The Morgan fingerprint density at radius 2 is 1.76 bits per heavy atom. The summed E-state index contributed by atoms with van der Waals surface area (Å²) in [6, 6.07) is 3.28. The molecule has 3 nitrogen and oxygen atoms in total. The van der Waals surface area contributed by atoms with Gasteiger partial charge in [0.1, 0.15) is 0 Å². The van der Waals surface area contributed by atoms with E-state index in [-0.39, 0.29) is 0 Å². The average molecular weight is 237 g/mol. The highest BCUT2D eigenvalue weighted by molar-refractivity contribution is 4.96. The lowest BCUT2D eigenvalue weighted by molar-refractivity contribution is 0.0749. The number of rotatable bonds is 2. The monoisotopic (exact) mass is 237 g/mol. The van der Waals surface area contributed by atoms with E-state index in [0.29, 0.717) is 0 Å². The Bertz CT molecular complexity index is 256. The zero-order chi connectivity index (χ0) is 11.8. The highest BCUT2D eigenvalue weighted by Crippen LogP contribution is 2.31. The van der Waals surface area contributed by atoms with Crippen LogP contribution >= 0.6 is 0 Å². The molecule has 0 saturated carbocycles. The summed E-state index contributed by atoms with van der Waals surface area (Å²) in [5.41, 5.74) is 0. The largest absolute Gasteiger partial charge is 0.311 e. The number of hydrogen-bond acceptors (Lipinski definition) is 3. The summed E-state index contributed by atoms with van der Waals surface area (Å²) in [5, 5.41) is 3.75. The van der Waals surface area contributed by atoms with Gasteiger partial charge in [0.05, 0.1) is 0 Å². The maximum atomic E-state index is 3.75. The van der Waals surface area contributed by atoms with E-state index in [2.05, 4.69) is 29.2 Å². The summed E-state index contributed by atoms with van der Waals surface area (Å²) in [5.74, 6) is 0.